The van der Waals surface area contributed by atoms with Crippen LogP contribution in [-0.4, -0.2) is 50.5 Å². The number of nitrogens with zero attached hydrogens (tertiary/aromatic N) is 2. The summed E-state index contributed by atoms with van der Waals surface area (Å²) in [6.45, 7) is 8.94. The fourth-order valence-corrected chi connectivity index (χ4v) is 1.95. The molecular weight excluding hydrogens is 434 g/mol. The van der Waals surface area contributed by atoms with Crippen molar-refractivity contribution < 1.29 is 9.18 Å². The maximum atomic E-state index is 13.1. The van der Waals surface area contributed by atoms with Gasteiger partial charge in [-0.2, -0.15) is 0 Å². The maximum Gasteiger partial charge on any atom is 0.243 e. The summed E-state index contributed by atoms with van der Waals surface area (Å²) in [5.74, 6) is 0.269. The average molecular weight is 462 g/mol. The first-order valence-electron chi connectivity index (χ1n) is 7.91. The van der Waals surface area contributed by atoms with Crippen molar-refractivity contribution in [3.63, 3.8) is 0 Å². The Bertz CT molecular complexity index is 617. The zero-order valence-corrected chi connectivity index (χ0v) is 17.7. The Morgan fingerprint density at radius 2 is 2.00 bits per heavy atom. The average Bonchev–Trinajstić information content (AvgIpc) is 2.50. The van der Waals surface area contributed by atoms with E-state index in [2.05, 4.69) is 22.2 Å². The molecule has 0 atom stereocenters. The van der Waals surface area contributed by atoms with Crippen LogP contribution >= 0.6 is 24.0 Å². The number of carbonyl (C=O) groups excluding carboxylic acids is 1. The highest BCUT2D eigenvalue weighted by Crippen LogP contribution is 2.10. The first kappa shape index (κ1) is 23.4. The van der Waals surface area contributed by atoms with Crippen molar-refractivity contribution in [3.05, 3.63) is 47.3 Å². The van der Waals surface area contributed by atoms with Crippen LogP contribution in [0.3, 0.4) is 0 Å². The van der Waals surface area contributed by atoms with Gasteiger partial charge in [0.05, 0.1) is 0 Å². The highest BCUT2D eigenvalue weighted by molar-refractivity contribution is 14.0. The summed E-state index contributed by atoms with van der Waals surface area (Å²) in [4.78, 5) is 17.5. The predicted molar refractivity (Wildman–Crippen MR) is 112 cm³/mol. The van der Waals surface area contributed by atoms with Gasteiger partial charge in [0, 0.05) is 27.2 Å². The molecule has 0 saturated heterocycles. The van der Waals surface area contributed by atoms with Crippen LogP contribution in [0.2, 0.25) is 0 Å². The van der Waals surface area contributed by atoms with Crippen molar-refractivity contribution in [2.75, 3.05) is 33.7 Å². The summed E-state index contributed by atoms with van der Waals surface area (Å²) in [7, 11) is 3.40. The lowest BCUT2D eigenvalue weighted by Gasteiger charge is -2.14. The molecule has 1 aromatic rings. The summed E-state index contributed by atoms with van der Waals surface area (Å²) in [5, 5.41) is 6.33. The molecule has 0 aromatic heterocycles. The highest BCUT2D eigenvalue weighted by atomic mass is 127. The molecule has 0 heterocycles. The summed E-state index contributed by atoms with van der Waals surface area (Å²) in [6, 6.07) is 4.78. The Balaban J connectivity index is 0.00000576. The fraction of sp³-hybridized carbons (Fsp3) is 0.444. The molecule has 0 fully saturated rings. The standard InChI is InChI=1S/C18H27FN4O.HI/c1-13(2)11-21-18(22-12-17(24)23(4)5)20-9-8-15-6-7-16(19)10-14(15)3;/h6-7,10H,1,8-9,11-12H2,2-5H3,(H2,20,21,22);1H. The second-order valence-corrected chi connectivity index (χ2v) is 6.01. The number of guanidine groups is 1. The molecule has 1 amide bonds. The SMILES string of the molecule is C=C(C)CNC(=NCC(=O)N(C)C)NCCc1ccc(F)cc1C.I. The number of aliphatic imine (C=N–C) groups is 1. The predicted octanol–water partition coefficient (Wildman–Crippen LogP) is 2.49. The third-order valence-corrected chi connectivity index (χ3v) is 3.42. The van der Waals surface area contributed by atoms with Crippen molar-refractivity contribution in [2.24, 2.45) is 4.99 Å². The molecule has 7 heteroatoms. The number of benzene rings is 1. The number of likely N-dealkylation sites (N-methyl/N-ethyl adjacent to an activating group) is 1. The molecule has 1 aromatic carbocycles. The minimum absolute atomic E-state index is 0. The molecule has 5 nitrogen and oxygen atoms in total. The zero-order valence-electron chi connectivity index (χ0n) is 15.4. The Morgan fingerprint density at radius 1 is 1.32 bits per heavy atom. The molecule has 0 aliphatic carbocycles. The molecule has 0 aliphatic rings. The number of amides is 1. The van der Waals surface area contributed by atoms with Gasteiger partial charge in [0.25, 0.3) is 0 Å². The summed E-state index contributed by atoms with van der Waals surface area (Å²) >= 11 is 0. The van der Waals surface area contributed by atoms with E-state index in [0.29, 0.717) is 19.0 Å². The Kier molecular flexibility index (Phi) is 11.1. The maximum absolute atomic E-state index is 13.1. The molecule has 2 N–H and O–H groups in total. The van der Waals surface area contributed by atoms with Gasteiger partial charge >= 0.3 is 0 Å². The monoisotopic (exact) mass is 462 g/mol. The Labute approximate surface area is 166 Å². The number of aryl methyl sites for hydroxylation is 1. The second kappa shape index (κ2) is 11.8. The van der Waals surface area contributed by atoms with Crippen LogP contribution in [-0.2, 0) is 11.2 Å². The van der Waals surface area contributed by atoms with Crippen LogP contribution in [0, 0.1) is 12.7 Å². The van der Waals surface area contributed by atoms with E-state index in [1.54, 1.807) is 20.2 Å². The zero-order chi connectivity index (χ0) is 18.1. The highest BCUT2D eigenvalue weighted by Gasteiger charge is 2.05. The van der Waals surface area contributed by atoms with Crippen molar-refractivity contribution in [1.82, 2.24) is 15.5 Å². The molecule has 0 saturated carbocycles. The molecule has 140 valence electrons. The van der Waals surface area contributed by atoms with Gasteiger partial charge in [0.1, 0.15) is 12.4 Å². The minimum Gasteiger partial charge on any atom is -0.356 e. The number of rotatable bonds is 7. The number of hydrogen-bond acceptors (Lipinski definition) is 2. The van der Waals surface area contributed by atoms with Crippen LogP contribution in [0.15, 0.2) is 35.3 Å². The van der Waals surface area contributed by atoms with Gasteiger partial charge < -0.3 is 15.5 Å². The van der Waals surface area contributed by atoms with Crippen molar-refractivity contribution in [2.45, 2.75) is 20.3 Å². The van der Waals surface area contributed by atoms with E-state index in [0.717, 1.165) is 23.1 Å². The first-order valence-corrected chi connectivity index (χ1v) is 7.91. The van der Waals surface area contributed by atoms with E-state index in [-0.39, 0.29) is 42.2 Å². The van der Waals surface area contributed by atoms with Crippen LogP contribution in [0.1, 0.15) is 18.1 Å². The van der Waals surface area contributed by atoms with E-state index < -0.39 is 0 Å². The molecular formula is C18H28FIN4O. The molecule has 25 heavy (non-hydrogen) atoms. The second-order valence-electron chi connectivity index (χ2n) is 6.01. The van der Waals surface area contributed by atoms with Gasteiger partial charge in [-0.1, -0.05) is 18.2 Å². The van der Waals surface area contributed by atoms with Gasteiger partial charge in [-0.05, 0) is 43.5 Å². The van der Waals surface area contributed by atoms with E-state index in [4.69, 9.17) is 0 Å². The molecule has 0 aliphatic heterocycles. The number of carbonyl (C=O) groups is 1. The largest absolute Gasteiger partial charge is 0.356 e. The molecule has 0 spiro atoms. The summed E-state index contributed by atoms with van der Waals surface area (Å²) in [6.07, 6.45) is 0.738. The third-order valence-electron chi connectivity index (χ3n) is 3.42. The third kappa shape index (κ3) is 9.42. The van der Waals surface area contributed by atoms with Crippen molar-refractivity contribution >= 4 is 35.8 Å². The topological polar surface area (TPSA) is 56.7 Å². The Morgan fingerprint density at radius 3 is 2.56 bits per heavy atom. The van der Waals surface area contributed by atoms with Gasteiger partial charge in [0.2, 0.25) is 5.91 Å². The normalized spacial score (nSPS) is 10.7. The summed E-state index contributed by atoms with van der Waals surface area (Å²) < 4.78 is 13.1. The number of halogens is 2. The van der Waals surface area contributed by atoms with E-state index in [9.17, 15) is 9.18 Å². The van der Waals surface area contributed by atoms with Crippen molar-refractivity contribution in [1.29, 1.82) is 0 Å². The van der Waals surface area contributed by atoms with E-state index >= 15 is 0 Å². The van der Waals surface area contributed by atoms with Crippen LogP contribution in [0.5, 0.6) is 0 Å². The fourth-order valence-electron chi connectivity index (χ4n) is 1.95. The molecule has 0 bridgehead atoms. The smallest absolute Gasteiger partial charge is 0.243 e. The van der Waals surface area contributed by atoms with Gasteiger partial charge in [-0.3, -0.25) is 4.79 Å². The minimum atomic E-state index is -0.225. The van der Waals surface area contributed by atoms with E-state index in [1.165, 1.54) is 17.0 Å². The van der Waals surface area contributed by atoms with Crippen molar-refractivity contribution in [3.8, 4) is 0 Å². The number of nitrogens with one attached hydrogen (secondary N) is 2. The van der Waals surface area contributed by atoms with Crippen LogP contribution < -0.4 is 10.6 Å². The van der Waals surface area contributed by atoms with Gasteiger partial charge in [-0.25, -0.2) is 9.38 Å². The molecule has 0 radical (unpaired) electrons. The summed E-state index contributed by atoms with van der Waals surface area (Å²) in [5.41, 5.74) is 2.97. The lowest BCUT2D eigenvalue weighted by atomic mass is 10.1. The molecule has 0 unspecified atom stereocenters. The lowest BCUT2D eigenvalue weighted by molar-refractivity contribution is -0.127. The number of hydrogen-bond donors (Lipinski definition) is 2. The van der Waals surface area contributed by atoms with Gasteiger partial charge in [-0.15, -0.1) is 24.0 Å². The Hall–Kier alpha value is -1.64. The van der Waals surface area contributed by atoms with Gasteiger partial charge in [0.15, 0.2) is 5.96 Å². The van der Waals surface area contributed by atoms with Crippen LogP contribution in [0.4, 0.5) is 4.39 Å². The quantitative estimate of drug-likeness (QED) is 0.284. The first-order chi connectivity index (χ1) is 11.3. The van der Waals surface area contributed by atoms with Crippen LogP contribution in [0.25, 0.3) is 0 Å². The van der Waals surface area contributed by atoms with E-state index in [1.807, 2.05) is 13.8 Å². The molecule has 1 rings (SSSR count). The lowest BCUT2D eigenvalue weighted by Crippen LogP contribution is -2.40.